The third-order valence-electron chi connectivity index (χ3n) is 3.16. The van der Waals surface area contributed by atoms with Crippen LogP contribution in [0.3, 0.4) is 0 Å². The van der Waals surface area contributed by atoms with Gasteiger partial charge in [-0.2, -0.15) is 0 Å². The molecule has 120 valence electrons. The summed E-state index contributed by atoms with van der Waals surface area (Å²) in [5, 5.41) is 0. The van der Waals surface area contributed by atoms with Crippen molar-refractivity contribution in [1.82, 2.24) is 9.88 Å². The lowest BCUT2D eigenvalue weighted by atomic mass is 10.0. The molecule has 6 nitrogen and oxygen atoms in total. The molecule has 2 heterocycles. The molecule has 0 N–H and O–H groups in total. The molecule has 1 unspecified atom stereocenters. The molecule has 1 aromatic heterocycles. The van der Waals surface area contributed by atoms with Gasteiger partial charge in [-0.1, -0.05) is 6.07 Å². The number of fused-ring (bicyclic) bond motifs is 1. The minimum Gasteiger partial charge on any atom is -0.454 e. The summed E-state index contributed by atoms with van der Waals surface area (Å²) in [4.78, 5) is 29.6. The van der Waals surface area contributed by atoms with Crippen molar-refractivity contribution >= 4 is 12.1 Å². The molecule has 0 saturated heterocycles. The van der Waals surface area contributed by atoms with E-state index in [1.54, 1.807) is 0 Å². The van der Waals surface area contributed by atoms with Gasteiger partial charge in [0.15, 0.2) is 6.10 Å². The van der Waals surface area contributed by atoms with Gasteiger partial charge < -0.3 is 9.47 Å². The first-order chi connectivity index (χ1) is 10.2. The van der Waals surface area contributed by atoms with Gasteiger partial charge in [-0.05, 0) is 39.3 Å². The molecule has 6 heteroatoms. The van der Waals surface area contributed by atoms with Crippen LogP contribution in [-0.2, 0) is 20.8 Å². The molecule has 1 amide bonds. The van der Waals surface area contributed by atoms with Gasteiger partial charge in [-0.15, -0.1) is 0 Å². The van der Waals surface area contributed by atoms with E-state index in [0.29, 0.717) is 6.54 Å². The molecular formula is C16H22N2O4. The highest BCUT2D eigenvalue weighted by Gasteiger charge is 2.33. The Morgan fingerprint density at radius 2 is 2.00 bits per heavy atom. The number of ether oxygens (including phenoxy) is 2. The Morgan fingerprint density at radius 3 is 2.59 bits per heavy atom. The highest BCUT2D eigenvalue weighted by molar-refractivity contribution is 5.69. The van der Waals surface area contributed by atoms with E-state index in [0.717, 1.165) is 17.0 Å². The molecule has 0 spiro atoms. The topological polar surface area (TPSA) is 68.7 Å². The maximum absolute atomic E-state index is 12.3. The van der Waals surface area contributed by atoms with Crippen molar-refractivity contribution in [3.63, 3.8) is 0 Å². The number of aryl methyl sites for hydroxylation is 1. The van der Waals surface area contributed by atoms with Gasteiger partial charge in [0, 0.05) is 12.6 Å². The van der Waals surface area contributed by atoms with Crippen LogP contribution in [0.25, 0.3) is 0 Å². The number of pyridine rings is 1. The smallest absolute Gasteiger partial charge is 0.410 e. The molecule has 0 saturated carbocycles. The van der Waals surface area contributed by atoms with Gasteiger partial charge in [0.2, 0.25) is 0 Å². The third-order valence-corrected chi connectivity index (χ3v) is 3.16. The lowest BCUT2D eigenvalue weighted by Gasteiger charge is -2.34. The first-order valence-electron chi connectivity index (χ1n) is 7.27. The van der Waals surface area contributed by atoms with E-state index in [1.165, 1.54) is 11.8 Å². The van der Waals surface area contributed by atoms with Crippen molar-refractivity contribution < 1.29 is 19.1 Å². The van der Waals surface area contributed by atoms with E-state index in [1.807, 2.05) is 39.8 Å². The number of carbonyl (C=O) groups is 2. The van der Waals surface area contributed by atoms with Gasteiger partial charge in [0.25, 0.3) is 0 Å². The Morgan fingerprint density at radius 1 is 1.32 bits per heavy atom. The van der Waals surface area contributed by atoms with Crippen LogP contribution in [0, 0.1) is 6.92 Å². The van der Waals surface area contributed by atoms with Crippen LogP contribution in [0.4, 0.5) is 4.79 Å². The summed E-state index contributed by atoms with van der Waals surface area (Å²) in [5.41, 5.74) is 1.87. The summed E-state index contributed by atoms with van der Waals surface area (Å²) in [5.74, 6) is -0.398. The summed E-state index contributed by atoms with van der Waals surface area (Å²) < 4.78 is 10.7. The number of carbonyl (C=O) groups excluding carboxylic acids is 2. The summed E-state index contributed by atoms with van der Waals surface area (Å²) in [6, 6.07) is 3.78. The minimum atomic E-state index is -0.570. The first kappa shape index (κ1) is 16.3. The highest BCUT2D eigenvalue weighted by Crippen LogP contribution is 2.29. The minimum absolute atomic E-state index is 0.248. The van der Waals surface area contributed by atoms with Crippen molar-refractivity contribution in [2.45, 2.75) is 52.9 Å². The fourth-order valence-corrected chi connectivity index (χ4v) is 2.33. The average Bonchev–Trinajstić information content (AvgIpc) is 2.36. The number of amides is 1. The molecule has 0 bridgehead atoms. The monoisotopic (exact) mass is 306 g/mol. The van der Waals surface area contributed by atoms with E-state index in [2.05, 4.69) is 4.98 Å². The number of hydrogen-bond donors (Lipinski definition) is 0. The second kappa shape index (κ2) is 5.94. The quantitative estimate of drug-likeness (QED) is 0.746. The fraction of sp³-hybridized carbons (Fsp3) is 0.562. The molecule has 0 fully saturated rings. The van der Waals surface area contributed by atoms with E-state index in [4.69, 9.17) is 9.47 Å². The Hall–Kier alpha value is -2.11. The molecule has 1 aromatic rings. The Bertz CT molecular complexity index is 592. The third kappa shape index (κ3) is 3.96. The predicted molar refractivity (Wildman–Crippen MR) is 80.1 cm³/mol. The van der Waals surface area contributed by atoms with Gasteiger partial charge >= 0.3 is 12.1 Å². The van der Waals surface area contributed by atoms with Gasteiger partial charge in [-0.3, -0.25) is 14.7 Å². The molecule has 1 aliphatic heterocycles. The number of esters is 1. The van der Waals surface area contributed by atoms with E-state index in [-0.39, 0.29) is 6.54 Å². The largest absolute Gasteiger partial charge is 0.454 e. The zero-order valence-electron chi connectivity index (χ0n) is 13.7. The van der Waals surface area contributed by atoms with Crippen LogP contribution in [0.15, 0.2) is 12.1 Å². The maximum Gasteiger partial charge on any atom is 0.410 e. The molecule has 1 atom stereocenters. The number of rotatable bonds is 1. The number of hydrogen-bond acceptors (Lipinski definition) is 5. The van der Waals surface area contributed by atoms with Crippen molar-refractivity contribution in [3.05, 3.63) is 29.1 Å². The predicted octanol–water partition coefficient (Wildman–Crippen LogP) is 2.74. The summed E-state index contributed by atoms with van der Waals surface area (Å²) >= 11 is 0. The van der Waals surface area contributed by atoms with Crippen LogP contribution < -0.4 is 0 Å². The molecule has 0 radical (unpaired) electrons. The van der Waals surface area contributed by atoms with Gasteiger partial charge in [0.05, 0.1) is 18.8 Å². The Kier molecular flexibility index (Phi) is 4.39. The lowest BCUT2D eigenvalue weighted by molar-refractivity contribution is -0.148. The average molecular weight is 306 g/mol. The van der Waals surface area contributed by atoms with Crippen molar-refractivity contribution in [1.29, 1.82) is 0 Å². The van der Waals surface area contributed by atoms with E-state index >= 15 is 0 Å². The Labute approximate surface area is 130 Å². The van der Waals surface area contributed by atoms with Crippen LogP contribution in [0.1, 0.15) is 50.8 Å². The zero-order chi connectivity index (χ0) is 16.5. The first-order valence-corrected chi connectivity index (χ1v) is 7.27. The fourth-order valence-electron chi connectivity index (χ4n) is 2.33. The van der Waals surface area contributed by atoms with Gasteiger partial charge in [0.1, 0.15) is 5.60 Å². The van der Waals surface area contributed by atoms with E-state index < -0.39 is 23.8 Å². The summed E-state index contributed by atoms with van der Waals surface area (Å²) in [6.45, 7) is 9.33. The molecule has 22 heavy (non-hydrogen) atoms. The summed E-state index contributed by atoms with van der Waals surface area (Å²) in [6.07, 6.45) is -0.982. The SMILES string of the molecule is CC(=O)OC1CN(C(=O)OC(C)(C)C)Cc2ccc(C)nc21. The van der Waals surface area contributed by atoms with Crippen molar-refractivity contribution in [2.75, 3.05) is 6.54 Å². The standard InChI is InChI=1S/C16H22N2O4/c1-10-6-7-12-8-18(15(20)22-16(3,4)5)9-13(14(12)17-10)21-11(2)19/h6-7,13H,8-9H2,1-5H3. The molecule has 2 rings (SSSR count). The second-order valence-electron chi connectivity index (χ2n) is 6.46. The second-order valence-corrected chi connectivity index (χ2v) is 6.46. The number of nitrogens with zero attached hydrogens (tertiary/aromatic N) is 2. The van der Waals surface area contributed by atoms with E-state index in [9.17, 15) is 9.59 Å². The molecule has 0 aliphatic carbocycles. The zero-order valence-corrected chi connectivity index (χ0v) is 13.7. The maximum atomic E-state index is 12.3. The van der Waals surface area contributed by atoms with Crippen LogP contribution >= 0.6 is 0 Å². The van der Waals surface area contributed by atoms with Crippen LogP contribution in [-0.4, -0.2) is 34.1 Å². The molecule has 0 aromatic carbocycles. The lowest BCUT2D eigenvalue weighted by Crippen LogP contribution is -2.42. The van der Waals surface area contributed by atoms with Gasteiger partial charge in [-0.25, -0.2) is 4.79 Å². The van der Waals surface area contributed by atoms with Crippen LogP contribution in [0.2, 0.25) is 0 Å². The normalized spacial score (nSPS) is 17.7. The summed E-state index contributed by atoms with van der Waals surface area (Å²) in [7, 11) is 0. The molecular weight excluding hydrogens is 284 g/mol. The highest BCUT2D eigenvalue weighted by atomic mass is 16.6. The Balaban J connectivity index is 2.26. The number of aromatic nitrogens is 1. The van der Waals surface area contributed by atoms with Crippen LogP contribution in [0.5, 0.6) is 0 Å². The van der Waals surface area contributed by atoms with Crippen molar-refractivity contribution in [2.24, 2.45) is 0 Å². The molecule has 1 aliphatic rings. The van der Waals surface area contributed by atoms with Crippen molar-refractivity contribution in [3.8, 4) is 0 Å².